The molecule has 0 aliphatic rings. The summed E-state index contributed by atoms with van der Waals surface area (Å²) in [6.45, 7) is 4.85. The van der Waals surface area contributed by atoms with Gasteiger partial charge < -0.3 is 0 Å². The monoisotopic (exact) mass is 244 g/mol. The van der Waals surface area contributed by atoms with Crippen LogP contribution >= 0.6 is 15.9 Å². The normalized spacial score (nSPS) is 8.08. The number of hydrogen-bond acceptors (Lipinski definition) is 0. The minimum absolute atomic E-state index is 0.220. The van der Waals surface area contributed by atoms with Gasteiger partial charge in [-0.15, -0.1) is 6.58 Å². The molecule has 72 valence electrons. The van der Waals surface area contributed by atoms with Crippen molar-refractivity contribution in [3.63, 3.8) is 0 Å². The lowest BCUT2D eigenvalue weighted by Gasteiger charge is -1.81. The molecule has 0 radical (unpaired) electrons. The fourth-order valence-corrected chi connectivity index (χ4v) is 0.535. The van der Waals surface area contributed by atoms with E-state index in [0.29, 0.717) is 0 Å². The molecule has 0 aromatic rings. The lowest BCUT2D eigenvalue weighted by molar-refractivity contribution is 0.373. The van der Waals surface area contributed by atoms with Crippen LogP contribution in [-0.2, 0) is 0 Å². The van der Waals surface area contributed by atoms with Gasteiger partial charge in [0.2, 0.25) is 0 Å². The molecule has 0 bridgehead atoms. The van der Waals surface area contributed by atoms with Crippen LogP contribution in [0.1, 0.15) is 19.8 Å². The number of hydrogen-bond donors (Lipinski definition) is 0. The minimum atomic E-state index is -2.21. The summed E-state index contributed by atoms with van der Waals surface area (Å²) in [6, 6.07) is 0. The van der Waals surface area contributed by atoms with Crippen LogP contribution in [0.15, 0.2) is 24.6 Å². The van der Waals surface area contributed by atoms with Crippen LogP contribution in [0.3, 0.4) is 0 Å². The maximum Gasteiger partial charge on any atom is 0.301 e. The highest BCUT2D eigenvalue weighted by Gasteiger charge is 1.98. The summed E-state index contributed by atoms with van der Waals surface area (Å²) in [7, 11) is 0. The summed E-state index contributed by atoms with van der Waals surface area (Å²) in [5.74, 6) is -1.32. The molecule has 0 aliphatic carbocycles. The van der Waals surface area contributed by atoms with Crippen LogP contribution in [0, 0.1) is 0 Å². The summed E-state index contributed by atoms with van der Waals surface area (Å²) in [4.78, 5) is 0. The topological polar surface area (TPSA) is 0 Å². The first-order chi connectivity index (χ1) is 5.59. The van der Waals surface area contributed by atoms with Gasteiger partial charge in [-0.05, 0) is 6.42 Å². The van der Waals surface area contributed by atoms with Crippen molar-refractivity contribution in [1.82, 2.24) is 0 Å². The Bertz CT molecular complexity index is 139. The first-order valence-electron chi connectivity index (χ1n) is 3.46. The molecule has 0 saturated carbocycles. The highest BCUT2D eigenvalue weighted by molar-refractivity contribution is 9.09. The fourth-order valence-electron chi connectivity index (χ4n) is 0.211. The SMILES string of the molecule is C=CCCBr.CCC(F)=C(F)F. The third kappa shape index (κ3) is 12.4. The molecule has 0 atom stereocenters. The zero-order chi connectivity index (χ0) is 9.98. The Kier molecular flexibility index (Phi) is 12.8. The quantitative estimate of drug-likeness (QED) is 0.509. The van der Waals surface area contributed by atoms with Gasteiger partial charge in [0.25, 0.3) is 0 Å². The van der Waals surface area contributed by atoms with Gasteiger partial charge in [0.1, 0.15) is 0 Å². The molecule has 0 aromatic carbocycles. The summed E-state index contributed by atoms with van der Waals surface area (Å²) in [6.07, 6.45) is 0.527. The van der Waals surface area contributed by atoms with Crippen molar-refractivity contribution in [2.24, 2.45) is 0 Å². The molecule has 0 heterocycles. The van der Waals surface area contributed by atoms with E-state index >= 15 is 0 Å². The molecule has 0 rings (SSSR count). The number of allylic oxidation sites excluding steroid dienone is 2. The fraction of sp³-hybridized carbons (Fsp3) is 0.500. The third-order valence-electron chi connectivity index (χ3n) is 0.829. The van der Waals surface area contributed by atoms with Crippen molar-refractivity contribution in [2.75, 3.05) is 5.33 Å². The molecule has 0 N–H and O–H groups in total. The average molecular weight is 245 g/mol. The third-order valence-corrected chi connectivity index (χ3v) is 1.29. The molecule has 0 spiro atoms. The maximum absolute atomic E-state index is 11.4. The molecule has 4 heteroatoms. The predicted molar refractivity (Wildman–Crippen MR) is 49.2 cm³/mol. The van der Waals surface area contributed by atoms with Crippen LogP contribution < -0.4 is 0 Å². The second-order valence-electron chi connectivity index (χ2n) is 1.79. The van der Waals surface area contributed by atoms with Gasteiger partial charge in [-0.2, -0.15) is 8.78 Å². The maximum atomic E-state index is 11.4. The summed E-state index contributed by atoms with van der Waals surface area (Å²) in [5, 5.41) is 1.04. The standard InChI is InChI=1S/C4H7Br.C4H5F3/c1-2-3-4-5;1-2-3(5)4(6)7/h2H,1,3-4H2;2H2,1H3. The van der Waals surface area contributed by atoms with E-state index in [4.69, 9.17) is 0 Å². The molecule has 0 fully saturated rings. The van der Waals surface area contributed by atoms with E-state index in [1.165, 1.54) is 6.92 Å². The van der Waals surface area contributed by atoms with Crippen molar-refractivity contribution in [2.45, 2.75) is 19.8 Å². The minimum Gasteiger partial charge on any atom is -0.206 e. The molecular weight excluding hydrogens is 233 g/mol. The number of halogens is 4. The highest BCUT2D eigenvalue weighted by Crippen LogP contribution is 2.11. The largest absolute Gasteiger partial charge is 0.301 e. The van der Waals surface area contributed by atoms with E-state index in [1.54, 1.807) is 0 Å². The van der Waals surface area contributed by atoms with Crippen molar-refractivity contribution >= 4 is 15.9 Å². The molecule has 0 nitrogen and oxygen atoms in total. The average Bonchev–Trinajstić information content (AvgIpc) is 2.05. The van der Waals surface area contributed by atoms with Crippen molar-refractivity contribution in [1.29, 1.82) is 0 Å². The smallest absolute Gasteiger partial charge is 0.206 e. The van der Waals surface area contributed by atoms with E-state index in [2.05, 4.69) is 22.5 Å². The van der Waals surface area contributed by atoms with Gasteiger partial charge in [0.15, 0.2) is 5.83 Å². The lowest BCUT2D eigenvalue weighted by atomic mass is 10.4. The van der Waals surface area contributed by atoms with E-state index < -0.39 is 11.9 Å². The molecule has 0 aliphatic heterocycles. The Hall–Kier alpha value is -0.250. The van der Waals surface area contributed by atoms with Gasteiger partial charge >= 0.3 is 6.08 Å². The lowest BCUT2D eigenvalue weighted by Crippen LogP contribution is -1.68. The van der Waals surface area contributed by atoms with Crippen LogP contribution in [0.25, 0.3) is 0 Å². The zero-order valence-electron chi connectivity index (χ0n) is 6.92. The van der Waals surface area contributed by atoms with Crippen molar-refractivity contribution in [3.8, 4) is 0 Å². The van der Waals surface area contributed by atoms with E-state index in [9.17, 15) is 13.2 Å². The van der Waals surface area contributed by atoms with E-state index in [0.717, 1.165) is 11.8 Å². The van der Waals surface area contributed by atoms with Crippen LogP contribution in [-0.4, -0.2) is 5.33 Å². The first-order valence-corrected chi connectivity index (χ1v) is 4.58. The Balaban J connectivity index is 0. The molecule has 0 saturated heterocycles. The Morgan fingerprint density at radius 3 is 1.92 bits per heavy atom. The molecule has 0 unspecified atom stereocenters. The van der Waals surface area contributed by atoms with E-state index in [-0.39, 0.29) is 6.42 Å². The van der Waals surface area contributed by atoms with E-state index in [1.807, 2.05) is 6.08 Å². The number of rotatable bonds is 3. The summed E-state index contributed by atoms with van der Waals surface area (Å²) in [5.41, 5.74) is 0. The zero-order valence-corrected chi connectivity index (χ0v) is 8.50. The van der Waals surface area contributed by atoms with Crippen molar-refractivity contribution in [3.05, 3.63) is 24.6 Å². The number of alkyl halides is 1. The molecule has 0 amide bonds. The van der Waals surface area contributed by atoms with Gasteiger partial charge in [-0.3, -0.25) is 0 Å². The van der Waals surface area contributed by atoms with Gasteiger partial charge in [0, 0.05) is 11.8 Å². The second kappa shape index (κ2) is 10.8. The molecule has 12 heavy (non-hydrogen) atoms. The Labute approximate surface area is 79.3 Å². The van der Waals surface area contributed by atoms with Crippen molar-refractivity contribution < 1.29 is 13.2 Å². The van der Waals surface area contributed by atoms with Crippen LogP contribution in [0.4, 0.5) is 13.2 Å². The first kappa shape index (κ1) is 14.3. The summed E-state index contributed by atoms with van der Waals surface area (Å²) < 4.78 is 33.3. The van der Waals surface area contributed by atoms with Gasteiger partial charge in [0.05, 0.1) is 0 Å². The highest BCUT2D eigenvalue weighted by atomic mass is 79.9. The molecule has 0 aromatic heterocycles. The predicted octanol–water partition coefficient (Wildman–Crippen LogP) is 4.43. The van der Waals surface area contributed by atoms with Crippen LogP contribution in [0.5, 0.6) is 0 Å². The Morgan fingerprint density at radius 1 is 1.42 bits per heavy atom. The summed E-state index contributed by atoms with van der Waals surface area (Å²) >= 11 is 3.24. The molecular formula is C8H12BrF3. The van der Waals surface area contributed by atoms with Gasteiger partial charge in [-0.1, -0.05) is 28.9 Å². The van der Waals surface area contributed by atoms with Crippen LogP contribution in [0.2, 0.25) is 0 Å². The Morgan fingerprint density at radius 2 is 1.92 bits per heavy atom. The van der Waals surface area contributed by atoms with Gasteiger partial charge in [-0.25, -0.2) is 4.39 Å². The second-order valence-corrected chi connectivity index (χ2v) is 2.58.